The number of nitrogens with one attached hydrogen (secondary N) is 1. The summed E-state index contributed by atoms with van der Waals surface area (Å²) in [5.41, 5.74) is 1.99. The summed E-state index contributed by atoms with van der Waals surface area (Å²) < 4.78 is 27.0. The molecule has 2 heterocycles. The van der Waals surface area contributed by atoms with Crippen LogP contribution in [0.3, 0.4) is 0 Å². The molecule has 0 atom stereocenters. The molecule has 152 valence electrons. The molecule has 0 unspecified atom stereocenters. The van der Waals surface area contributed by atoms with E-state index in [1.54, 1.807) is 36.5 Å². The number of nitrogens with zero attached hydrogens (tertiary/aromatic N) is 4. The molecule has 1 aromatic carbocycles. The van der Waals surface area contributed by atoms with Gasteiger partial charge in [-0.15, -0.1) is 5.10 Å². The van der Waals surface area contributed by atoms with Gasteiger partial charge in [-0.2, -0.15) is 4.98 Å². The van der Waals surface area contributed by atoms with E-state index in [2.05, 4.69) is 20.4 Å². The molecule has 0 aliphatic heterocycles. The molecule has 0 bridgehead atoms. The molecule has 2 aromatic heterocycles. The van der Waals surface area contributed by atoms with Gasteiger partial charge in [0.1, 0.15) is 0 Å². The van der Waals surface area contributed by atoms with E-state index in [0.717, 1.165) is 37.8 Å². The highest BCUT2D eigenvalue weighted by Crippen LogP contribution is 2.26. The van der Waals surface area contributed by atoms with Crippen molar-refractivity contribution in [2.75, 3.05) is 5.32 Å². The highest BCUT2D eigenvalue weighted by molar-refractivity contribution is 7.91. The number of sulfone groups is 1. The summed E-state index contributed by atoms with van der Waals surface area (Å²) in [4.78, 5) is 20.8. The molecule has 1 fully saturated rings. The van der Waals surface area contributed by atoms with Gasteiger partial charge in [0.2, 0.25) is 5.82 Å². The van der Waals surface area contributed by atoms with Gasteiger partial charge in [-0.1, -0.05) is 31.4 Å². The fourth-order valence-corrected chi connectivity index (χ4v) is 5.63. The van der Waals surface area contributed by atoms with Crippen molar-refractivity contribution in [1.82, 2.24) is 19.6 Å². The summed E-state index contributed by atoms with van der Waals surface area (Å²) in [5, 5.41) is 6.67. The Balaban J connectivity index is 1.49. The number of amides is 1. The molecule has 0 spiro atoms. The van der Waals surface area contributed by atoms with Gasteiger partial charge in [0.25, 0.3) is 11.7 Å². The second-order valence-electron chi connectivity index (χ2n) is 7.46. The van der Waals surface area contributed by atoms with Crippen LogP contribution in [-0.2, 0) is 15.6 Å². The van der Waals surface area contributed by atoms with Crippen molar-refractivity contribution in [3.8, 4) is 0 Å². The van der Waals surface area contributed by atoms with Crippen LogP contribution in [0.2, 0.25) is 0 Å². The Bertz CT molecular complexity index is 1150. The first-order valence-electron chi connectivity index (χ1n) is 9.73. The third kappa shape index (κ3) is 4.29. The number of hydrogen-bond acceptors (Lipinski definition) is 6. The van der Waals surface area contributed by atoms with Crippen LogP contribution in [0.1, 0.15) is 54.0 Å². The molecule has 1 amide bonds. The van der Waals surface area contributed by atoms with E-state index in [1.165, 1.54) is 4.52 Å². The Hall–Kier alpha value is -2.81. The summed E-state index contributed by atoms with van der Waals surface area (Å²) in [7, 11) is -3.20. The Kier molecular flexibility index (Phi) is 5.31. The lowest BCUT2D eigenvalue weighted by Crippen LogP contribution is -2.25. The molecule has 1 N–H and O–H groups in total. The topological polar surface area (TPSA) is 106 Å². The predicted octanol–water partition coefficient (Wildman–Crippen LogP) is 2.93. The summed E-state index contributed by atoms with van der Waals surface area (Å²) >= 11 is 0. The van der Waals surface area contributed by atoms with Crippen LogP contribution in [0.5, 0.6) is 0 Å². The average molecular weight is 414 g/mol. The van der Waals surface area contributed by atoms with Crippen LogP contribution in [0.25, 0.3) is 5.78 Å². The van der Waals surface area contributed by atoms with Crippen molar-refractivity contribution in [2.24, 2.45) is 0 Å². The van der Waals surface area contributed by atoms with Crippen molar-refractivity contribution in [3.63, 3.8) is 0 Å². The lowest BCUT2D eigenvalue weighted by molar-refractivity contribution is 0.101. The van der Waals surface area contributed by atoms with E-state index in [4.69, 9.17) is 0 Å². The lowest BCUT2D eigenvalue weighted by Gasteiger charge is -2.21. The van der Waals surface area contributed by atoms with Crippen LogP contribution in [0.15, 0.2) is 36.5 Å². The molecule has 1 aliphatic carbocycles. The molecular weight excluding hydrogens is 390 g/mol. The number of aromatic nitrogens is 4. The zero-order chi connectivity index (χ0) is 20.4. The Morgan fingerprint density at radius 1 is 1.21 bits per heavy atom. The minimum Gasteiger partial charge on any atom is -0.319 e. The Morgan fingerprint density at radius 2 is 2.00 bits per heavy atom. The number of benzene rings is 1. The molecule has 9 heteroatoms. The molecule has 0 saturated heterocycles. The standard InChI is InChI=1S/C20H23N5O3S/c1-14-10-11-21-20-23-18(24-25(14)20)19(26)22-16-7-5-6-15(12-16)13-29(27,28)17-8-3-2-4-9-17/h5-7,10-12,17H,2-4,8-9,13H2,1H3,(H,22,26). The van der Waals surface area contributed by atoms with Gasteiger partial charge in [-0.05, 0) is 43.5 Å². The number of fused-ring (bicyclic) bond motifs is 1. The molecule has 8 nitrogen and oxygen atoms in total. The summed E-state index contributed by atoms with van der Waals surface area (Å²) in [6, 6.07) is 8.70. The molecule has 4 rings (SSSR count). The van der Waals surface area contributed by atoms with Crippen molar-refractivity contribution >= 4 is 27.2 Å². The van der Waals surface area contributed by atoms with Crippen LogP contribution in [0, 0.1) is 6.92 Å². The van der Waals surface area contributed by atoms with E-state index in [1.807, 2.05) is 6.92 Å². The second-order valence-corrected chi connectivity index (χ2v) is 9.74. The Morgan fingerprint density at radius 3 is 2.76 bits per heavy atom. The maximum absolute atomic E-state index is 12.7. The molecule has 29 heavy (non-hydrogen) atoms. The van der Waals surface area contributed by atoms with Gasteiger partial charge in [0.05, 0.1) is 11.0 Å². The number of aryl methyl sites for hydroxylation is 1. The van der Waals surface area contributed by atoms with E-state index < -0.39 is 15.7 Å². The minimum atomic E-state index is -3.20. The van der Waals surface area contributed by atoms with Gasteiger partial charge in [-0.3, -0.25) is 4.79 Å². The Labute approximate surface area is 169 Å². The van der Waals surface area contributed by atoms with Crippen molar-refractivity contribution in [2.45, 2.75) is 50.0 Å². The predicted molar refractivity (Wildman–Crippen MR) is 109 cm³/mol. The normalized spacial score (nSPS) is 15.5. The lowest BCUT2D eigenvalue weighted by atomic mass is 10.0. The van der Waals surface area contributed by atoms with E-state index in [-0.39, 0.29) is 16.8 Å². The van der Waals surface area contributed by atoms with Gasteiger partial charge in [0.15, 0.2) is 9.84 Å². The van der Waals surface area contributed by atoms with Crippen molar-refractivity contribution in [1.29, 1.82) is 0 Å². The fraction of sp³-hybridized carbons (Fsp3) is 0.400. The largest absolute Gasteiger partial charge is 0.319 e. The summed E-state index contributed by atoms with van der Waals surface area (Å²) in [6.45, 7) is 1.85. The maximum atomic E-state index is 12.7. The van der Waals surface area contributed by atoms with Gasteiger partial charge < -0.3 is 5.32 Å². The zero-order valence-corrected chi connectivity index (χ0v) is 17.0. The van der Waals surface area contributed by atoms with Crippen LogP contribution < -0.4 is 5.32 Å². The van der Waals surface area contributed by atoms with E-state index >= 15 is 0 Å². The quantitative estimate of drug-likeness (QED) is 0.689. The minimum absolute atomic E-state index is 0.00651. The van der Waals surface area contributed by atoms with Crippen LogP contribution in [0.4, 0.5) is 5.69 Å². The van der Waals surface area contributed by atoms with Gasteiger partial charge >= 0.3 is 0 Å². The third-order valence-corrected chi connectivity index (χ3v) is 7.47. The monoisotopic (exact) mass is 413 g/mol. The number of hydrogen-bond donors (Lipinski definition) is 1. The number of rotatable bonds is 5. The molecule has 0 radical (unpaired) electrons. The molecular formula is C20H23N5O3S. The first-order chi connectivity index (χ1) is 13.9. The smallest absolute Gasteiger partial charge is 0.295 e. The number of carbonyl (C=O) groups is 1. The van der Waals surface area contributed by atoms with Gasteiger partial charge in [0, 0.05) is 17.6 Å². The van der Waals surface area contributed by atoms with Crippen molar-refractivity contribution < 1.29 is 13.2 Å². The molecule has 1 saturated carbocycles. The zero-order valence-electron chi connectivity index (χ0n) is 16.2. The van der Waals surface area contributed by atoms with Gasteiger partial charge in [-0.25, -0.2) is 17.9 Å². The van der Waals surface area contributed by atoms with Crippen LogP contribution >= 0.6 is 0 Å². The number of anilines is 1. The molecule has 1 aliphatic rings. The van der Waals surface area contributed by atoms with Crippen molar-refractivity contribution in [3.05, 3.63) is 53.6 Å². The SMILES string of the molecule is Cc1ccnc2nc(C(=O)Nc3cccc(CS(=O)(=O)C4CCCCC4)c3)nn12. The van der Waals surface area contributed by atoms with E-state index in [0.29, 0.717) is 17.0 Å². The maximum Gasteiger partial charge on any atom is 0.295 e. The first kappa shape index (κ1) is 19.5. The van der Waals surface area contributed by atoms with E-state index in [9.17, 15) is 13.2 Å². The first-order valence-corrected chi connectivity index (χ1v) is 11.4. The highest BCUT2D eigenvalue weighted by Gasteiger charge is 2.27. The fourth-order valence-electron chi connectivity index (χ4n) is 3.70. The average Bonchev–Trinajstić information content (AvgIpc) is 3.15. The highest BCUT2D eigenvalue weighted by atomic mass is 32.2. The van der Waals surface area contributed by atoms with Crippen LogP contribution in [-0.4, -0.2) is 39.2 Å². The summed E-state index contributed by atoms with van der Waals surface area (Å²) in [6.07, 6.45) is 6.15. The molecule has 3 aromatic rings. The third-order valence-electron chi connectivity index (χ3n) is 5.25. The number of carbonyl (C=O) groups excluding carboxylic acids is 1. The second kappa shape index (κ2) is 7.90. The summed E-state index contributed by atoms with van der Waals surface area (Å²) in [5.74, 6) is -0.131.